The third kappa shape index (κ3) is 3.66. The average Bonchev–Trinajstić information content (AvgIpc) is 2.97. The molecule has 4 aliphatic rings. The van der Waals surface area contributed by atoms with Gasteiger partial charge in [-0.3, -0.25) is 9.59 Å². The van der Waals surface area contributed by atoms with Crippen LogP contribution in [0, 0.1) is 28.6 Å². The minimum Gasteiger partial charge on any atom is -0.409 e. The zero-order valence-corrected chi connectivity index (χ0v) is 22.7. The maximum Gasteiger partial charge on any atom is 0.192 e. The fourth-order valence-corrected chi connectivity index (χ4v) is 8.66. The van der Waals surface area contributed by atoms with E-state index in [9.17, 15) is 19.8 Å². The number of aliphatic hydroxyl groups is 2. The summed E-state index contributed by atoms with van der Waals surface area (Å²) in [5.41, 5.74) is -1.06. The Kier molecular flexibility index (Phi) is 6.00. The number of Topliss-reactive ketones (excluding diaryl/α,β-unsaturated/α-hetero) is 1. The van der Waals surface area contributed by atoms with E-state index in [2.05, 4.69) is 40.8 Å². The molecule has 7 atom stereocenters. The van der Waals surface area contributed by atoms with Gasteiger partial charge in [-0.05, 0) is 85.9 Å². The molecular formula is C27H44O5Si. The molecule has 0 bridgehead atoms. The Bertz CT molecular complexity index is 872. The van der Waals surface area contributed by atoms with Crippen LogP contribution in [0.2, 0.25) is 18.1 Å². The minimum absolute atomic E-state index is 0.00356. The van der Waals surface area contributed by atoms with Crippen molar-refractivity contribution < 1.29 is 24.2 Å². The molecule has 33 heavy (non-hydrogen) atoms. The second kappa shape index (κ2) is 7.84. The van der Waals surface area contributed by atoms with Crippen molar-refractivity contribution in [3.05, 3.63) is 11.6 Å². The van der Waals surface area contributed by atoms with Gasteiger partial charge in [-0.15, -0.1) is 0 Å². The summed E-state index contributed by atoms with van der Waals surface area (Å²) >= 11 is 0. The number of carbonyl (C=O) groups excluding carboxylic acids is 2. The molecule has 6 heteroatoms. The van der Waals surface area contributed by atoms with Gasteiger partial charge in [-0.25, -0.2) is 0 Å². The lowest BCUT2D eigenvalue weighted by Crippen LogP contribution is -2.62. The fraction of sp³-hybridized carbons (Fsp3) is 0.852. The summed E-state index contributed by atoms with van der Waals surface area (Å²) in [7, 11) is -2.11. The molecule has 5 nitrogen and oxygen atoms in total. The molecule has 0 aliphatic heterocycles. The first-order valence-electron chi connectivity index (χ1n) is 12.9. The molecular weight excluding hydrogens is 432 g/mol. The minimum atomic E-state index is -2.11. The van der Waals surface area contributed by atoms with E-state index in [0.717, 1.165) is 25.7 Å². The van der Waals surface area contributed by atoms with Crippen molar-refractivity contribution in [2.24, 2.45) is 28.6 Å². The Morgan fingerprint density at radius 1 is 1.18 bits per heavy atom. The highest BCUT2D eigenvalue weighted by molar-refractivity contribution is 6.74. The van der Waals surface area contributed by atoms with Gasteiger partial charge in [0.2, 0.25) is 0 Å². The summed E-state index contributed by atoms with van der Waals surface area (Å²) < 4.78 is 6.22. The normalized spacial score (nSPS) is 43.4. The van der Waals surface area contributed by atoms with Crippen LogP contribution in [0.5, 0.6) is 0 Å². The number of hydrogen-bond donors (Lipinski definition) is 2. The summed E-state index contributed by atoms with van der Waals surface area (Å²) in [4.78, 5) is 25.6. The third-order valence-corrected chi connectivity index (χ3v) is 15.4. The number of rotatable bonds is 4. The molecule has 0 unspecified atom stereocenters. The van der Waals surface area contributed by atoms with Crippen molar-refractivity contribution in [1.82, 2.24) is 0 Å². The lowest BCUT2D eigenvalue weighted by atomic mass is 9.45. The largest absolute Gasteiger partial charge is 0.409 e. The average molecular weight is 477 g/mol. The number of carbonyl (C=O) groups is 2. The van der Waals surface area contributed by atoms with Gasteiger partial charge in [0, 0.05) is 11.8 Å². The Morgan fingerprint density at radius 3 is 2.48 bits per heavy atom. The van der Waals surface area contributed by atoms with Crippen LogP contribution in [-0.4, -0.2) is 48.4 Å². The maximum absolute atomic E-state index is 13.5. The van der Waals surface area contributed by atoms with Crippen molar-refractivity contribution in [3.8, 4) is 0 Å². The molecule has 0 radical (unpaired) electrons. The molecule has 0 heterocycles. The smallest absolute Gasteiger partial charge is 0.192 e. The molecule has 4 rings (SSSR count). The molecule has 0 saturated heterocycles. The molecule has 4 aliphatic carbocycles. The second-order valence-corrected chi connectivity index (χ2v) is 18.3. The van der Waals surface area contributed by atoms with E-state index >= 15 is 0 Å². The number of aliphatic hydroxyl groups excluding tert-OH is 1. The van der Waals surface area contributed by atoms with Crippen LogP contribution >= 0.6 is 0 Å². The SMILES string of the molecule is CC(C)(C)[Si](C)(C)OCC(=O)[C@@]1(O)CC[C@H]2[C@@H]3CCC4=CC(=O)CC[C@]4(C)[C@H]3[C@H](O)C[C@@]21C. The van der Waals surface area contributed by atoms with Crippen LogP contribution in [0.15, 0.2) is 11.6 Å². The highest BCUT2D eigenvalue weighted by atomic mass is 28.4. The molecule has 0 amide bonds. The predicted molar refractivity (Wildman–Crippen MR) is 131 cm³/mol. The van der Waals surface area contributed by atoms with E-state index in [1.807, 2.05) is 13.0 Å². The molecule has 0 aromatic carbocycles. The highest BCUT2D eigenvalue weighted by Crippen LogP contribution is 2.67. The first-order valence-corrected chi connectivity index (χ1v) is 15.8. The Hall–Kier alpha value is -0.823. The second-order valence-electron chi connectivity index (χ2n) is 13.4. The summed E-state index contributed by atoms with van der Waals surface area (Å²) in [6.07, 6.45) is 6.07. The lowest BCUT2D eigenvalue weighted by molar-refractivity contribution is -0.182. The van der Waals surface area contributed by atoms with Gasteiger partial charge in [0.05, 0.1) is 12.7 Å². The number of hydrogen-bond acceptors (Lipinski definition) is 5. The Balaban J connectivity index is 1.59. The quantitative estimate of drug-likeness (QED) is 0.569. The predicted octanol–water partition coefficient (Wildman–Crippen LogP) is 4.81. The van der Waals surface area contributed by atoms with Gasteiger partial charge in [0.15, 0.2) is 19.9 Å². The van der Waals surface area contributed by atoms with Gasteiger partial charge in [-0.1, -0.05) is 40.2 Å². The first kappa shape index (κ1) is 25.3. The zero-order chi connectivity index (χ0) is 24.6. The van der Waals surface area contributed by atoms with Crippen molar-refractivity contribution >= 4 is 19.9 Å². The van der Waals surface area contributed by atoms with Crippen LogP contribution < -0.4 is 0 Å². The zero-order valence-electron chi connectivity index (χ0n) is 21.7. The van der Waals surface area contributed by atoms with E-state index in [0.29, 0.717) is 19.3 Å². The van der Waals surface area contributed by atoms with Crippen LogP contribution in [0.25, 0.3) is 0 Å². The Labute approximate surface area is 200 Å². The molecule has 3 saturated carbocycles. The van der Waals surface area contributed by atoms with Gasteiger partial charge in [-0.2, -0.15) is 0 Å². The standard InChI is InChI=1S/C27H44O5Si/c1-24(2,3)33(6,7)32-16-22(30)27(31)13-11-20-19-9-8-17-14-18(28)10-12-25(17,4)23(19)21(29)15-26(20,27)5/h14,19-21,23,29,31H,8-13,15-16H2,1-7H3/t19-,20-,21+,23+,25-,26-,27-/m0/s1. The van der Waals surface area contributed by atoms with Crippen molar-refractivity contribution in [2.75, 3.05) is 6.61 Å². The van der Waals surface area contributed by atoms with Crippen LogP contribution in [0.3, 0.4) is 0 Å². The number of ketones is 2. The first-order chi connectivity index (χ1) is 15.1. The highest BCUT2D eigenvalue weighted by Gasteiger charge is 2.68. The number of fused-ring (bicyclic) bond motifs is 5. The van der Waals surface area contributed by atoms with Crippen molar-refractivity contribution in [3.63, 3.8) is 0 Å². The van der Waals surface area contributed by atoms with Crippen molar-refractivity contribution in [2.45, 2.75) is 109 Å². The van der Waals surface area contributed by atoms with E-state index in [-0.39, 0.29) is 46.4 Å². The maximum atomic E-state index is 13.5. The molecule has 3 fully saturated rings. The summed E-state index contributed by atoms with van der Waals surface area (Å²) in [5, 5.41) is 23.4. The summed E-state index contributed by atoms with van der Waals surface area (Å²) in [5.74, 6) is 0.540. The monoisotopic (exact) mass is 476 g/mol. The van der Waals surface area contributed by atoms with Gasteiger partial charge < -0.3 is 14.6 Å². The van der Waals surface area contributed by atoms with Gasteiger partial charge in [0.1, 0.15) is 5.60 Å². The summed E-state index contributed by atoms with van der Waals surface area (Å²) in [6, 6.07) is 0. The molecule has 0 aromatic heterocycles. The van der Waals surface area contributed by atoms with E-state index in [1.54, 1.807) is 0 Å². The Morgan fingerprint density at radius 2 is 1.85 bits per heavy atom. The van der Waals surface area contributed by atoms with Crippen LogP contribution in [0.4, 0.5) is 0 Å². The topological polar surface area (TPSA) is 83.8 Å². The number of allylic oxidation sites excluding steroid dienone is 1. The van der Waals surface area contributed by atoms with E-state index in [4.69, 9.17) is 4.43 Å². The van der Waals surface area contributed by atoms with E-state index in [1.165, 1.54) is 5.57 Å². The molecule has 0 aromatic rings. The lowest BCUT2D eigenvalue weighted by Gasteiger charge is -2.60. The van der Waals surface area contributed by atoms with Crippen LogP contribution in [-0.2, 0) is 14.0 Å². The third-order valence-electron chi connectivity index (χ3n) is 10.9. The summed E-state index contributed by atoms with van der Waals surface area (Å²) in [6.45, 7) is 14.9. The van der Waals surface area contributed by atoms with Crippen molar-refractivity contribution in [1.29, 1.82) is 0 Å². The molecule has 0 spiro atoms. The van der Waals surface area contributed by atoms with E-state index < -0.39 is 25.4 Å². The molecule has 186 valence electrons. The van der Waals surface area contributed by atoms with Gasteiger partial charge in [0.25, 0.3) is 0 Å². The molecule has 2 N–H and O–H groups in total. The van der Waals surface area contributed by atoms with Gasteiger partial charge >= 0.3 is 0 Å². The van der Waals surface area contributed by atoms with Crippen LogP contribution in [0.1, 0.15) is 79.6 Å². The fourth-order valence-electron chi connectivity index (χ4n) is 7.73.